The summed E-state index contributed by atoms with van der Waals surface area (Å²) in [5, 5.41) is 10.7. The van der Waals surface area contributed by atoms with Gasteiger partial charge in [0.1, 0.15) is 0 Å². The van der Waals surface area contributed by atoms with E-state index in [1.807, 2.05) is 41.7 Å². The SMILES string of the molecule is CC(C)N=C([N-]C(C)C)c1ccccc1.CC(C)c1cccc2c1sc1c3ccccc3nc(-c3[c-]c4ccccc4c(C(C)(C)C)c3)c21.[Ir]. The summed E-state index contributed by atoms with van der Waals surface area (Å²) >= 11 is 1.91. The third-order valence-corrected chi connectivity index (χ3v) is 9.90. The van der Waals surface area contributed by atoms with Crippen molar-refractivity contribution in [1.29, 1.82) is 0 Å². The van der Waals surface area contributed by atoms with Gasteiger partial charge in [0.05, 0.1) is 5.52 Å². The summed E-state index contributed by atoms with van der Waals surface area (Å²) in [5.41, 5.74) is 7.02. The Bertz CT molecular complexity index is 2270. The molecule has 0 aliphatic carbocycles. The van der Waals surface area contributed by atoms with Gasteiger partial charge in [-0.1, -0.05) is 164 Å². The first-order valence-corrected chi connectivity index (χ1v) is 18.3. The molecule has 259 valence electrons. The molecule has 0 atom stereocenters. The molecule has 0 aliphatic heterocycles. The quantitative estimate of drug-likeness (QED) is 0.0966. The first kappa shape index (κ1) is 37.4. The number of para-hydroxylation sites is 1. The number of aliphatic imine (C=N–C) groups is 1. The maximum absolute atomic E-state index is 5.28. The van der Waals surface area contributed by atoms with E-state index < -0.39 is 0 Å². The van der Waals surface area contributed by atoms with Gasteiger partial charge in [0.25, 0.3) is 0 Å². The monoisotopic (exact) mass is 854 g/mol. The summed E-state index contributed by atoms with van der Waals surface area (Å²) in [5.74, 6) is 1.33. The molecule has 0 bridgehead atoms. The number of amidine groups is 1. The molecule has 0 unspecified atom stereocenters. The second kappa shape index (κ2) is 15.6. The van der Waals surface area contributed by atoms with Crippen LogP contribution in [0.3, 0.4) is 0 Å². The summed E-state index contributed by atoms with van der Waals surface area (Å²) in [6.45, 7) is 19.7. The molecule has 0 saturated carbocycles. The summed E-state index contributed by atoms with van der Waals surface area (Å²) in [7, 11) is 0. The zero-order valence-corrected chi connectivity index (χ0v) is 33.8. The van der Waals surface area contributed by atoms with E-state index in [0.717, 1.165) is 33.6 Å². The van der Waals surface area contributed by atoms with Gasteiger partial charge in [0, 0.05) is 40.6 Å². The number of aromatic nitrogens is 1. The maximum atomic E-state index is 5.28. The molecule has 1 radical (unpaired) electrons. The van der Waals surface area contributed by atoms with Gasteiger partial charge in [-0.15, -0.1) is 40.5 Å². The van der Waals surface area contributed by atoms with Gasteiger partial charge in [-0.25, -0.2) is 0 Å². The van der Waals surface area contributed by atoms with Crippen molar-refractivity contribution < 1.29 is 20.1 Å². The number of hydrogen-bond acceptors (Lipinski definition) is 3. The van der Waals surface area contributed by atoms with Gasteiger partial charge in [-0.2, -0.15) is 0 Å². The molecule has 50 heavy (non-hydrogen) atoms. The van der Waals surface area contributed by atoms with E-state index >= 15 is 0 Å². The van der Waals surface area contributed by atoms with Crippen LogP contribution < -0.4 is 0 Å². The van der Waals surface area contributed by atoms with Gasteiger partial charge in [0.15, 0.2) is 0 Å². The average Bonchev–Trinajstić information content (AvgIpc) is 3.47. The molecule has 2 aromatic heterocycles. The Morgan fingerprint density at radius 2 is 1.38 bits per heavy atom. The van der Waals surface area contributed by atoms with E-state index in [1.54, 1.807) is 0 Å². The molecule has 0 saturated heterocycles. The molecule has 2 heterocycles. The number of benzene rings is 5. The van der Waals surface area contributed by atoms with Crippen LogP contribution in [0.1, 0.15) is 84.9 Å². The Morgan fingerprint density at radius 3 is 2.04 bits per heavy atom. The molecule has 3 nitrogen and oxygen atoms in total. The summed E-state index contributed by atoms with van der Waals surface area (Å²) in [6, 6.07) is 40.7. The zero-order chi connectivity index (χ0) is 34.9. The second-order valence-electron chi connectivity index (χ2n) is 14.7. The van der Waals surface area contributed by atoms with Gasteiger partial charge >= 0.3 is 0 Å². The molecule has 7 aromatic rings. The topological polar surface area (TPSA) is 39.4 Å². The maximum Gasteiger partial charge on any atom is 0.0632 e. The smallest absolute Gasteiger partial charge is 0.0632 e. The zero-order valence-electron chi connectivity index (χ0n) is 30.6. The van der Waals surface area contributed by atoms with Gasteiger partial charge in [0.2, 0.25) is 0 Å². The Morgan fingerprint density at radius 1 is 0.740 bits per heavy atom. The van der Waals surface area contributed by atoms with Crippen LogP contribution in [0.25, 0.3) is 58.4 Å². The predicted octanol–water partition coefficient (Wildman–Crippen LogP) is 13.3. The number of thiophene rings is 1. The van der Waals surface area contributed by atoms with Crippen LogP contribution in [-0.2, 0) is 25.5 Å². The summed E-state index contributed by atoms with van der Waals surface area (Å²) in [6.07, 6.45) is 0. The predicted molar refractivity (Wildman–Crippen MR) is 216 cm³/mol. The van der Waals surface area contributed by atoms with Crippen LogP contribution in [0.15, 0.2) is 108 Å². The molecule has 0 fully saturated rings. The summed E-state index contributed by atoms with van der Waals surface area (Å²) < 4.78 is 2.70. The molecule has 7 rings (SSSR count). The second-order valence-corrected chi connectivity index (χ2v) is 15.7. The Labute approximate surface area is 315 Å². The van der Waals surface area contributed by atoms with Crippen molar-refractivity contribution in [3.05, 3.63) is 131 Å². The van der Waals surface area contributed by atoms with E-state index in [9.17, 15) is 0 Å². The fraction of sp³-hybridized carbons (Fsp3) is 0.289. The van der Waals surface area contributed by atoms with E-state index in [0.29, 0.717) is 5.92 Å². The van der Waals surface area contributed by atoms with Crippen LogP contribution in [0.4, 0.5) is 0 Å². The van der Waals surface area contributed by atoms with Crippen LogP contribution >= 0.6 is 11.3 Å². The van der Waals surface area contributed by atoms with Gasteiger partial charge < -0.3 is 10.3 Å². The fourth-order valence-electron chi connectivity index (χ4n) is 6.39. The molecule has 0 amide bonds. The molecular formula is C45H47IrN3S-2. The Hall–Kier alpha value is -3.89. The van der Waals surface area contributed by atoms with Crippen LogP contribution in [0.2, 0.25) is 0 Å². The van der Waals surface area contributed by atoms with E-state index in [2.05, 4.69) is 151 Å². The standard InChI is InChI=1S/C32H28NS.C13H19N2.Ir/c1-19(2)22-14-10-15-25-28-29(33-27-16-9-8-13-24(27)31(28)34-30(22)25)21-17-20-11-6-7-12-23(20)26(18-21)32(3,4)5;1-10(2)14-13(15-11(3)4)12-8-6-5-7-9-12;/h6-16,18-19H,1-5H3;5-11H,1-4H3;/q2*-1;. The van der Waals surface area contributed by atoms with Crippen molar-refractivity contribution in [2.75, 3.05) is 0 Å². The minimum absolute atomic E-state index is 0. The van der Waals surface area contributed by atoms with Crippen LogP contribution in [-0.4, -0.2) is 22.9 Å². The Kier molecular flexibility index (Phi) is 11.6. The number of rotatable bonds is 5. The van der Waals surface area contributed by atoms with Crippen molar-refractivity contribution >= 4 is 59.0 Å². The Balaban J connectivity index is 0.000000258. The van der Waals surface area contributed by atoms with Gasteiger partial charge in [-0.05, 0) is 51.4 Å². The average molecular weight is 854 g/mol. The minimum Gasteiger partial charge on any atom is -0.462 e. The third-order valence-electron chi connectivity index (χ3n) is 8.62. The van der Waals surface area contributed by atoms with Crippen molar-refractivity contribution in [3.63, 3.8) is 0 Å². The van der Waals surface area contributed by atoms with Crippen LogP contribution in [0, 0.1) is 6.07 Å². The van der Waals surface area contributed by atoms with Crippen molar-refractivity contribution in [2.45, 2.75) is 85.7 Å². The number of pyridine rings is 1. The number of hydrogen-bond donors (Lipinski definition) is 0. The molecule has 0 N–H and O–H groups in total. The van der Waals surface area contributed by atoms with Crippen molar-refractivity contribution in [1.82, 2.24) is 4.98 Å². The fourth-order valence-corrected chi connectivity index (χ4v) is 7.89. The molecule has 5 heteroatoms. The third kappa shape index (κ3) is 7.86. The van der Waals surface area contributed by atoms with Crippen molar-refractivity contribution in [3.8, 4) is 11.3 Å². The largest absolute Gasteiger partial charge is 0.462 e. The van der Waals surface area contributed by atoms with E-state index in [4.69, 9.17) is 4.98 Å². The van der Waals surface area contributed by atoms with Crippen molar-refractivity contribution in [2.24, 2.45) is 4.99 Å². The molecule has 5 aromatic carbocycles. The molecular weight excluding hydrogens is 807 g/mol. The number of nitrogens with zero attached hydrogens (tertiary/aromatic N) is 3. The molecule has 0 aliphatic rings. The first-order chi connectivity index (χ1) is 23.4. The van der Waals surface area contributed by atoms with Crippen LogP contribution in [0.5, 0.6) is 0 Å². The minimum atomic E-state index is 0. The normalized spacial score (nSPS) is 12.2. The summed E-state index contributed by atoms with van der Waals surface area (Å²) in [4.78, 5) is 9.81. The van der Waals surface area contributed by atoms with E-state index in [1.165, 1.54) is 42.1 Å². The van der Waals surface area contributed by atoms with Gasteiger partial charge in [-0.3, -0.25) is 4.98 Å². The number of fused-ring (bicyclic) bond motifs is 6. The van der Waals surface area contributed by atoms with E-state index in [-0.39, 0.29) is 37.6 Å². The first-order valence-electron chi connectivity index (χ1n) is 17.5. The molecule has 0 spiro atoms.